The first-order valence-corrected chi connectivity index (χ1v) is 3.94. The summed E-state index contributed by atoms with van der Waals surface area (Å²) in [6, 6.07) is 4.03. The Morgan fingerprint density at radius 3 is 2.86 bits per heavy atom. The summed E-state index contributed by atoms with van der Waals surface area (Å²) in [6.07, 6.45) is 2.66. The van der Waals surface area contributed by atoms with Gasteiger partial charge in [-0.15, -0.1) is 0 Å². The van der Waals surface area contributed by atoms with E-state index >= 15 is 0 Å². The molecule has 0 aliphatic rings. The molecule has 0 heterocycles. The third-order valence-corrected chi connectivity index (χ3v) is 1.62. The third kappa shape index (κ3) is 2.58. The minimum absolute atomic E-state index is 0.363. The van der Waals surface area contributed by atoms with Crippen LogP contribution in [0.1, 0.15) is 5.56 Å². The fraction of sp³-hybridized carbons (Fsp3) is 0.100. The summed E-state index contributed by atoms with van der Waals surface area (Å²) in [6.45, 7) is 0. The summed E-state index contributed by atoms with van der Waals surface area (Å²) in [7, 11) is 1.43. The predicted molar refractivity (Wildman–Crippen MR) is 51.2 cm³/mol. The number of hydrogen-bond donors (Lipinski definition) is 1. The minimum atomic E-state index is -0.559. The van der Waals surface area contributed by atoms with Crippen molar-refractivity contribution in [2.75, 3.05) is 7.11 Å². The highest BCUT2D eigenvalue weighted by Gasteiger charge is 2.01. The van der Waals surface area contributed by atoms with Crippen molar-refractivity contribution in [3.8, 4) is 5.75 Å². The van der Waals surface area contributed by atoms with Crippen LogP contribution in [0.15, 0.2) is 24.3 Å². The monoisotopic (exact) mass is 195 g/mol. The summed E-state index contributed by atoms with van der Waals surface area (Å²) in [4.78, 5) is 10.5. The molecule has 0 radical (unpaired) electrons. The molecule has 2 N–H and O–H groups in total. The minimum Gasteiger partial charge on any atom is -0.496 e. The number of rotatable bonds is 3. The molecule has 0 fully saturated rings. The zero-order valence-electron chi connectivity index (χ0n) is 7.66. The van der Waals surface area contributed by atoms with Crippen molar-refractivity contribution in [3.63, 3.8) is 0 Å². The number of nitrogens with two attached hydrogens (primary N) is 1. The molecule has 4 heteroatoms. The van der Waals surface area contributed by atoms with E-state index in [-0.39, 0.29) is 0 Å². The second-order valence-corrected chi connectivity index (χ2v) is 2.62. The van der Waals surface area contributed by atoms with E-state index in [2.05, 4.69) is 0 Å². The van der Waals surface area contributed by atoms with Crippen LogP contribution in [-0.2, 0) is 4.79 Å². The van der Waals surface area contributed by atoms with E-state index < -0.39 is 11.7 Å². The van der Waals surface area contributed by atoms with Crippen molar-refractivity contribution < 1.29 is 13.9 Å². The van der Waals surface area contributed by atoms with Gasteiger partial charge in [-0.05, 0) is 18.2 Å². The molecule has 0 aliphatic heterocycles. The molecule has 0 bridgehead atoms. The predicted octanol–water partition coefficient (Wildman–Crippen LogP) is 1.33. The Kier molecular flexibility index (Phi) is 3.23. The normalized spacial score (nSPS) is 10.4. The molecule has 0 unspecified atom stereocenters. The molecule has 0 spiro atoms. The lowest BCUT2D eigenvalue weighted by atomic mass is 10.2. The van der Waals surface area contributed by atoms with Gasteiger partial charge in [-0.1, -0.05) is 0 Å². The standard InChI is InChI=1S/C10H10FNO2/c1-14-9-6-8(11)4-2-7(9)3-5-10(12)13/h2-6H,1H3,(H2,12,13)/b5-3+. The molecule has 1 aromatic rings. The maximum atomic E-state index is 12.7. The lowest BCUT2D eigenvalue weighted by Gasteiger charge is -2.03. The maximum absolute atomic E-state index is 12.7. The Balaban J connectivity index is 3.02. The van der Waals surface area contributed by atoms with Gasteiger partial charge in [-0.3, -0.25) is 4.79 Å². The first kappa shape index (κ1) is 10.2. The smallest absolute Gasteiger partial charge is 0.241 e. The first-order valence-electron chi connectivity index (χ1n) is 3.94. The average Bonchev–Trinajstić information content (AvgIpc) is 2.15. The summed E-state index contributed by atoms with van der Waals surface area (Å²) in [5.41, 5.74) is 5.53. The van der Waals surface area contributed by atoms with E-state index in [1.807, 2.05) is 0 Å². The number of primary amides is 1. The lowest BCUT2D eigenvalue weighted by molar-refractivity contribution is -0.113. The Morgan fingerprint density at radius 2 is 2.29 bits per heavy atom. The lowest BCUT2D eigenvalue weighted by Crippen LogP contribution is -2.05. The molecule has 0 saturated carbocycles. The zero-order valence-corrected chi connectivity index (χ0v) is 7.66. The number of hydrogen-bond acceptors (Lipinski definition) is 2. The SMILES string of the molecule is COc1cc(F)ccc1/C=C/C(N)=O. The van der Waals surface area contributed by atoms with Gasteiger partial charge in [0.25, 0.3) is 0 Å². The largest absolute Gasteiger partial charge is 0.496 e. The summed E-state index contributed by atoms with van der Waals surface area (Å²) in [5.74, 6) is -0.586. The number of ether oxygens (including phenoxy) is 1. The zero-order chi connectivity index (χ0) is 10.6. The second-order valence-electron chi connectivity index (χ2n) is 2.62. The van der Waals surface area contributed by atoms with Gasteiger partial charge in [0, 0.05) is 17.7 Å². The van der Waals surface area contributed by atoms with Gasteiger partial charge in [0.2, 0.25) is 5.91 Å². The van der Waals surface area contributed by atoms with E-state index in [0.717, 1.165) is 0 Å². The highest BCUT2D eigenvalue weighted by atomic mass is 19.1. The van der Waals surface area contributed by atoms with Crippen molar-refractivity contribution in [3.05, 3.63) is 35.7 Å². The first-order chi connectivity index (χ1) is 6.63. The molecule has 74 valence electrons. The van der Waals surface area contributed by atoms with Crippen LogP contribution in [0.4, 0.5) is 4.39 Å². The summed E-state index contributed by atoms with van der Waals surface area (Å²) >= 11 is 0. The second kappa shape index (κ2) is 4.41. The molecular weight excluding hydrogens is 185 g/mol. The topological polar surface area (TPSA) is 52.3 Å². The fourth-order valence-electron chi connectivity index (χ4n) is 0.995. The number of benzene rings is 1. The van der Waals surface area contributed by atoms with E-state index in [4.69, 9.17) is 10.5 Å². The average molecular weight is 195 g/mol. The fourth-order valence-corrected chi connectivity index (χ4v) is 0.995. The van der Waals surface area contributed by atoms with E-state index in [1.165, 1.54) is 37.5 Å². The van der Waals surface area contributed by atoms with Crippen molar-refractivity contribution in [1.82, 2.24) is 0 Å². The molecule has 0 aromatic heterocycles. The van der Waals surface area contributed by atoms with Gasteiger partial charge >= 0.3 is 0 Å². The quantitative estimate of drug-likeness (QED) is 0.740. The van der Waals surface area contributed by atoms with Crippen LogP contribution in [0, 0.1) is 5.82 Å². The molecule has 0 saturated heterocycles. The summed E-state index contributed by atoms with van der Waals surface area (Å²) in [5, 5.41) is 0. The van der Waals surface area contributed by atoms with Crippen LogP contribution in [0.5, 0.6) is 5.75 Å². The Morgan fingerprint density at radius 1 is 1.57 bits per heavy atom. The van der Waals surface area contributed by atoms with Gasteiger partial charge in [-0.25, -0.2) is 4.39 Å². The highest BCUT2D eigenvalue weighted by Crippen LogP contribution is 2.20. The van der Waals surface area contributed by atoms with E-state index in [1.54, 1.807) is 0 Å². The molecule has 0 aliphatic carbocycles. The Labute approximate surface area is 81.0 Å². The van der Waals surface area contributed by atoms with Crippen LogP contribution in [0.2, 0.25) is 0 Å². The summed E-state index contributed by atoms with van der Waals surface area (Å²) < 4.78 is 17.7. The number of carbonyl (C=O) groups is 1. The van der Waals surface area contributed by atoms with E-state index in [0.29, 0.717) is 11.3 Å². The molecular formula is C10H10FNO2. The van der Waals surface area contributed by atoms with Gasteiger partial charge < -0.3 is 10.5 Å². The molecule has 3 nitrogen and oxygen atoms in total. The van der Waals surface area contributed by atoms with Crippen LogP contribution >= 0.6 is 0 Å². The van der Waals surface area contributed by atoms with Gasteiger partial charge in [0.1, 0.15) is 11.6 Å². The molecule has 1 amide bonds. The molecule has 1 rings (SSSR count). The van der Waals surface area contributed by atoms with Crippen LogP contribution in [0.25, 0.3) is 6.08 Å². The van der Waals surface area contributed by atoms with Crippen LogP contribution < -0.4 is 10.5 Å². The van der Waals surface area contributed by atoms with E-state index in [9.17, 15) is 9.18 Å². The third-order valence-electron chi connectivity index (χ3n) is 1.62. The van der Waals surface area contributed by atoms with Crippen molar-refractivity contribution in [2.24, 2.45) is 5.73 Å². The number of halogens is 1. The Bertz CT molecular complexity index is 374. The van der Waals surface area contributed by atoms with Crippen molar-refractivity contribution >= 4 is 12.0 Å². The number of carbonyl (C=O) groups excluding carboxylic acids is 1. The van der Waals surface area contributed by atoms with Crippen LogP contribution in [0.3, 0.4) is 0 Å². The number of amides is 1. The molecule has 14 heavy (non-hydrogen) atoms. The molecule has 0 atom stereocenters. The van der Waals surface area contributed by atoms with Gasteiger partial charge in [-0.2, -0.15) is 0 Å². The van der Waals surface area contributed by atoms with Gasteiger partial charge in [0.15, 0.2) is 0 Å². The maximum Gasteiger partial charge on any atom is 0.241 e. The Hall–Kier alpha value is -1.84. The highest BCUT2D eigenvalue weighted by molar-refractivity contribution is 5.90. The van der Waals surface area contributed by atoms with Crippen molar-refractivity contribution in [1.29, 1.82) is 0 Å². The molecule has 1 aromatic carbocycles. The van der Waals surface area contributed by atoms with Crippen LogP contribution in [-0.4, -0.2) is 13.0 Å². The number of methoxy groups -OCH3 is 1. The van der Waals surface area contributed by atoms with Crippen molar-refractivity contribution in [2.45, 2.75) is 0 Å². The van der Waals surface area contributed by atoms with Gasteiger partial charge in [0.05, 0.1) is 7.11 Å².